The molecule has 5 heteroatoms. The van der Waals surface area contributed by atoms with E-state index in [1.165, 1.54) is 5.56 Å². The number of hydrogen-bond donors (Lipinski definition) is 1. The molecule has 0 spiro atoms. The first kappa shape index (κ1) is 17.2. The molecule has 1 aromatic carbocycles. The van der Waals surface area contributed by atoms with Gasteiger partial charge in [-0.3, -0.25) is 0 Å². The predicted octanol–water partition coefficient (Wildman–Crippen LogP) is 2.80. The molecule has 2 aliphatic rings. The Hall–Kier alpha value is -1.59. The Balaban J connectivity index is 1.36. The second-order valence-corrected chi connectivity index (χ2v) is 6.89. The van der Waals surface area contributed by atoms with Gasteiger partial charge in [0.05, 0.1) is 25.4 Å². The molecule has 2 amide bonds. The van der Waals surface area contributed by atoms with Crippen molar-refractivity contribution in [2.75, 3.05) is 26.3 Å². The van der Waals surface area contributed by atoms with Crippen LogP contribution in [0.25, 0.3) is 0 Å². The highest BCUT2D eigenvalue weighted by atomic mass is 16.5. The molecule has 0 aromatic heterocycles. The van der Waals surface area contributed by atoms with Crippen LogP contribution in [-0.2, 0) is 16.1 Å². The summed E-state index contributed by atoms with van der Waals surface area (Å²) in [5, 5.41) is 3.09. The van der Waals surface area contributed by atoms with E-state index in [1.54, 1.807) is 0 Å². The molecule has 0 radical (unpaired) electrons. The van der Waals surface area contributed by atoms with Crippen molar-refractivity contribution < 1.29 is 14.3 Å². The van der Waals surface area contributed by atoms with Gasteiger partial charge in [-0.2, -0.15) is 0 Å². The maximum Gasteiger partial charge on any atom is 0.317 e. The van der Waals surface area contributed by atoms with E-state index >= 15 is 0 Å². The zero-order valence-corrected chi connectivity index (χ0v) is 14.4. The normalized spacial score (nSPS) is 25.0. The van der Waals surface area contributed by atoms with Crippen molar-refractivity contribution >= 4 is 6.03 Å². The average molecular weight is 332 g/mol. The van der Waals surface area contributed by atoms with Gasteiger partial charge in [0.1, 0.15) is 0 Å². The number of amides is 2. The summed E-state index contributed by atoms with van der Waals surface area (Å²) in [6.07, 6.45) is 3.31. The molecular formula is C19H28N2O3. The Morgan fingerprint density at radius 2 is 2.21 bits per heavy atom. The minimum absolute atomic E-state index is 0.0311. The molecule has 132 valence electrons. The monoisotopic (exact) mass is 332 g/mol. The third-order valence-electron chi connectivity index (χ3n) is 4.91. The Morgan fingerprint density at radius 3 is 2.96 bits per heavy atom. The lowest BCUT2D eigenvalue weighted by molar-refractivity contribution is 0.0818. The Kier molecular flexibility index (Phi) is 6.10. The van der Waals surface area contributed by atoms with Crippen LogP contribution in [0.4, 0.5) is 4.79 Å². The first-order chi connectivity index (χ1) is 11.7. The maximum absolute atomic E-state index is 12.4. The van der Waals surface area contributed by atoms with Gasteiger partial charge >= 0.3 is 6.03 Å². The molecule has 0 unspecified atom stereocenters. The summed E-state index contributed by atoms with van der Waals surface area (Å²) in [6, 6.07) is 10.3. The average Bonchev–Trinajstić information content (AvgIpc) is 3.28. The second-order valence-electron chi connectivity index (χ2n) is 6.89. The van der Waals surface area contributed by atoms with Gasteiger partial charge in [0.2, 0.25) is 0 Å². The van der Waals surface area contributed by atoms with Crippen LogP contribution in [0.2, 0.25) is 0 Å². The van der Waals surface area contributed by atoms with E-state index in [0.717, 1.165) is 39.0 Å². The molecule has 2 aliphatic heterocycles. The van der Waals surface area contributed by atoms with Crippen molar-refractivity contribution in [2.24, 2.45) is 5.92 Å². The van der Waals surface area contributed by atoms with Crippen molar-refractivity contribution in [1.29, 1.82) is 0 Å². The van der Waals surface area contributed by atoms with Crippen molar-refractivity contribution in [1.82, 2.24) is 10.2 Å². The Morgan fingerprint density at radius 1 is 1.38 bits per heavy atom. The van der Waals surface area contributed by atoms with Crippen LogP contribution in [-0.4, -0.2) is 49.4 Å². The largest absolute Gasteiger partial charge is 0.376 e. The summed E-state index contributed by atoms with van der Waals surface area (Å²) in [4.78, 5) is 14.3. The number of urea groups is 1. The van der Waals surface area contributed by atoms with E-state index in [4.69, 9.17) is 9.47 Å². The fourth-order valence-electron chi connectivity index (χ4n) is 3.45. The highest BCUT2D eigenvalue weighted by Gasteiger charge is 2.29. The predicted molar refractivity (Wildman–Crippen MR) is 92.7 cm³/mol. The van der Waals surface area contributed by atoms with Crippen LogP contribution >= 0.6 is 0 Å². The highest BCUT2D eigenvalue weighted by molar-refractivity contribution is 5.74. The van der Waals surface area contributed by atoms with E-state index in [0.29, 0.717) is 19.1 Å². The van der Waals surface area contributed by atoms with Gasteiger partial charge < -0.3 is 19.7 Å². The number of nitrogens with one attached hydrogen (secondary N) is 1. The summed E-state index contributed by atoms with van der Waals surface area (Å²) >= 11 is 0. The Bertz CT molecular complexity index is 517. The third-order valence-corrected chi connectivity index (χ3v) is 4.91. The van der Waals surface area contributed by atoms with Crippen LogP contribution in [0.5, 0.6) is 0 Å². The van der Waals surface area contributed by atoms with E-state index in [9.17, 15) is 4.79 Å². The second kappa shape index (κ2) is 8.49. The van der Waals surface area contributed by atoms with E-state index in [1.807, 2.05) is 30.0 Å². The lowest BCUT2D eigenvalue weighted by atomic mass is 10.1. The van der Waals surface area contributed by atoms with Gasteiger partial charge in [-0.1, -0.05) is 30.3 Å². The molecule has 2 fully saturated rings. The number of rotatable bonds is 6. The first-order valence-corrected chi connectivity index (χ1v) is 9.01. The quantitative estimate of drug-likeness (QED) is 0.871. The molecule has 5 nitrogen and oxygen atoms in total. The summed E-state index contributed by atoms with van der Waals surface area (Å²) in [5.41, 5.74) is 1.19. The van der Waals surface area contributed by atoms with Gasteiger partial charge in [0.15, 0.2) is 0 Å². The van der Waals surface area contributed by atoms with Crippen LogP contribution in [0, 0.1) is 5.92 Å². The zero-order chi connectivity index (χ0) is 16.8. The SMILES string of the molecule is C[C@H](NC(=O)N1CC[C@H](COCc2ccccc2)C1)[C@@H]1CCCO1. The molecule has 3 rings (SSSR count). The number of ether oxygens (including phenoxy) is 2. The topological polar surface area (TPSA) is 50.8 Å². The van der Waals surface area contributed by atoms with Crippen LogP contribution in [0.15, 0.2) is 30.3 Å². The van der Waals surface area contributed by atoms with E-state index < -0.39 is 0 Å². The molecule has 24 heavy (non-hydrogen) atoms. The molecule has 0 bridgehead atoms. The van der Waals surface area contributed by atoms with Gasteiger partial charge in [-0.15, -0.1) is 0 Å². The van der Waals surface area contributed by atoms with Gasteiger partial charge in [0, 0.05) is 25.6 Å². The molecule has 0 aliphatic carbocycles. The molecule has 0 saturated carbocycles. The summed E-state index contributed by atoms with van der Waals surface area (Å²) in [5.74, 6) is 0.428. The van der Waals surface area contributed by atoms with Crippen molar-refractivity contribution in [2.45, 2.75) is 44.9 Å². The minimum Gasteiger partial charge on any atom is -0.376 e. The Labute approximate surface area is 144 Å². The van der Waals surface area contributed by atoms with Gasteiger partial charge in [-0.05, 0) is 31.7 Å². The molecule has 2 saturated heterocycles. The van der Waals surface area contributed by atoms with Crippen molar-refractivity contribution in [3.05, 3.63) is 35.9 Å². The van der Waals surface area contributed by atoms with Gasteiger partial charge in [-0.25, -0.2) is 4.79 Å². The molecule has 2 heterocycles. The summed E-state index contributed by atoms with van der Waals surface area (Å²) < 4.78 is 11.5. The fraction of sp³-hybridized carbons (Fsp3) is 0.632. The number of carbonyl (C=O) groups is 1. The van der Waals surface area contributed by atoms with Crippen LogP contribution in [0.1, 0.15) is 31.7 Å². The number of likely N-dealkylation sites (tertiary alicyclic amines) is 1. The lowest BCUT2D eigenvalue weighted by Crippen LogP contribution is -2.47. The number of hydrogen-bond acceptors (Lipinski definition) is 3. The molecule has 3 atom stereocenters. The summed E-state index contributed by atoms with van der Waals surface area (Å²) in [7, 11) is 0. The molecule has 1 aromatic rings. The van der Waals surface area contributed by atoms with Crippen molar-refractivity contribution in [3.63, 3.8) is 0 Å². The standard InChI is InChI=1S/C19H28N2O3/c1-15(18-8-5-11-24-18)20-19(22)21-10-9-17(12-21)14-23-13-16-6-3-2-4-7-16/h2-4,6-7,15,17-18H,5,8-14H2,1H3,(H,20,22)/t15-,17-,18-/m0/s1. The smallest absolute Gasteiger partial charge is 0.317 e. The summed E-state index contributed by atoms with van der Waals surface area (Å²) in [6.45, 7) is 5.78. The van der Waals surface area contributed by atoms with Crippen LogP contribution < -0.4 is 5.32 Å². The van der Waals surface area contributed by atoms with Crippen molar-refractivity contribution in [3.8, 4) is 0 Å². The van der Waals surface area contributed by atoms with E-state index in [2.05, 4.69) is 17.4 Å². The minimum atomic E-state index is 0.0311. The number of carbonyl (C=O) groups excluding carboxylic acids is 1. The highest BCUT2D eigenvalue weighted by Crippen LogP contribution is 2.19. The van der Waals surface area contributed by atoms with Crippen LogP contribution in [0.3, 0.4) is 0 Å². The van der Waals surface area contributed by atoms with Gasteiger partial charge in [0.25, 0.3) is 0 Å². The zero-order valence-electron chi connectivity index (χ0n) is 14.4. The fourth-order valence-corrected chi connectivity index (χ4v) is 3.45. The maximum atomic E-state index is 12.4. The molecule has 1 N–H and O–H groups in total. The first-order valence-electron chi connectivity index (χ1n) is 9.01. The van der Waals surface area contributed by atoms with E-state index in [-0.39, 0.29) is 18.2 Å². The number of benzene rings is 1. The number of nitrogens with zero attached hydrogens (tertiary/aromatic N) is 1. The third kappa shape index (κ3) is 4.71. The lowest BCUT2D eigenvalue weighted by Gasteiger charge is -2.24. The molecular weight excluding hydrogens is 304 g/mol.